The lowest BCUT2D eigenvalue weighted by Crippen LogP contribution is -2.31. The Morgan fingerprint density at radius 1 is 1.67 bits per heavy atom. The Labute approximate surface area is 113 Å². The fraction of sp³-hybridized carbons (Fsp3) is 0.250. The van der Waals surface area contributed by atoms with Crippen molar-refractivity contribution in [3.05, 3.63) is 17.8 Å². The van der Waals surface area contributed by atoms with E-state index < -0.39 is 0 Å². The summed E-state index contributed by atoms with van der Waals surface area (Å²) in [7, 11) is 0. The van der Waals surface area contributed by atoms with E-state index in [2.05, 4.69) is 21.2 Å². The highest BCUT2D eigenvalue weighted by molar-refractivity contribution is 8.00. The van der Waals surface area contributed by atoms with Gasteiger partial charge in [0.1, 0.15) is 11.4 Å². The highest BCUT2D eigenvalue weighted by Gasteiger charge is 2.16. The first-order valence-electron chi connectivity index (χ1n) is 5.28. The summed E-state index contributed by atoms with van der Waals surface area (Å²) in [5, 5.41) is 5.22. The zero-order valence-corrected chi connectivity index (χ0v) is 11.3. The van der Waals surface area contributed by atoms with Crippen LogP contribution in [0.4, 0.5) is 0 Å². The van der Waals surface area contributed by atoms with Crippen LogP contribution in [0.3, 0.4) is 0 Å². The minimum Gasteiger partial charge on any atom is -0.344 e. The molecule has 0 radical (unpaired) electrons. The summed E-state index contributed by atoms with van der Waals surface area (Å²) in [6.07, 6.45) is 6.62. The third-order valence-electron chi connectivity index (χ3n) is 2.23. The molecule has 2 aromatic heterocycles. The van der Waals surface area contributed by atoms with Crippen LogP contribution in [0.25, 0.3) is 10.2 Å². The fourth-order valence-electron chi connectivity index (χ4n) is 1.35. The Hall–Kier alpha value is -1.58. The van der Waals surface area contributed by atoms with Gasteiger partial charge in [0.05, 0.1) is 22.0 Å². The van der Waals surface area contributed by atoms with Crippen LogP contribution in [0.5, 0.6) is 0 Å². The maximum Gasteiger partial charge on any atom is 0.234 e. The average Bonchev–Trinajstić information content (AvgIpc) is 2.85. The number of aromatic nitrogens is 2. The van der Waals surface area contributed by atoms with E-state index >= 15 is 0 Å². The number of hydrogen-bond donors (Lipinski definition) is 1. The summed E-state index contributed by atoms with van der Waals surface area (Å²) in [5.41, 5.74) is 0.911. The number of carbonyl (C=O) groups is 1. The molecule has 2 aromatic rings. The van der Waals surface area contributed by atoms with Crippen molar-refractivity contribution >= 4 is 39.2 Å². The van der Waals surface area contributed by atoms with Gasteiger partial charge >= 0.3 is 0 Å². The van der Waals surface area contributed by atoms with Crippen LogP contribution in [0.2, 0.25) is 0 Å². The van der Waals surface area contributed by atoms with Gasteiger partial charge in [-0.15, -0.1) is 17.8 Å². The Bertz CT molecular complexity index is 603. The smallest absolute Gasteiger partial charge is 0.234 e. The molecule has 6 heteroatoms. The van der Waals surface area contributed by atoms with Crippen molar-refractivity contribution in [1.82, 2.24) is 15.3 Å². The van der Waals surface area contributed by atoms with Crippen LogP contribution < -0.4 is 5.32 Å². The average molecular weight is 277 g/mol. The Balaban J connectivity index is 2.11. The SMILES string of the molecule is C#CCNC(=O)C(C)Sc1ncnc2ccsc12. The maximum atomic E-state index is 11.7. The van der Waals surface area contributed by atoms with E-state index in [1.165, 1.54) is 18.1 Å². The molecule has 0 aliphatic carbocycles. The third-order valence-corrected chi connectivity index (χ3v) is 4.37. The summed E-state index contributed by atoms with van der Waals surface area (Å²) in [6.45, 7) is 2.08. The quantitative estimate of drug-likeness (QED) is 0.527. The number of nitrogens with one attached hydrogen (secondary N) is 1. The summed E-state index contributed by atoms with van der Waals surface area (Å²) in [5.74, 6) is 2.30. The monoisotopic (exact) mass is 277 g/mol. The topological polar surface area (TPSA) is 54.9 Å². The Morgan fingerprint density at radius 3 is 3.28 bits per heavy atom. The molecule has 1 atom stereocenters. The second-order valence-electron chi connectivity index (χ2n) is 3.50. The molecule has 1 unspecified atom stereocenters. The summed E-state index contributed by atoms with van der Waals surface area (Å²) in [4.78, 5) is 20.1. The number of thiophene rings is 1. The minimum atomic E-state index is -0.237. The molecule has 4 nitrogen and oxygen atoms in total. The van der Waals surface area contributed by atoms with Gasteiger partial charge in [0.2, 0.25) is 5.91 Å². The van der Waals surface area contributed by atoms with Crippen LogP contribution in [-0.4, -0.2) is 27.7 Å². The number of hydrogen-bond acceptors (Lipinski definition) is 5. The predicted molar refractivity (Wildman–Crippen MR) is 74.6 cm³/mol. The normalized spacial score (nSPS) is 12.0. The van der Waals surface area contributed by atoms with Crippen LogP contribution in [0.1, 0.15) is 6.92 Å². The minimum absolute atomic E-state index is 0.0822. The summed E-state index contributed by atoms with van der Waals surface area (Å²) >= 11 is 2.99. The molecule has 0 bridgehead atoms. The van der Waals surface area contributed by atoms with E-state index in [1.54, 1.807) is 11.3 Å². The molecule has 1 amide bonds. The van der Waals surface area contributed by atoms with E-state index in [1.807, 2.05) is 18.4 Å². The van der Waals surface area contributed by atoms with Crippen molar-refractivity contribution in [1.29, 1.82) is 0 Å². The molecule has 1 N–H and O–H groups in total. The number of thioether (sulfide) groups is 1. The van der Waals surface area contributed by atoms with Crippen LogP contribution in [0.15, 0.2) is 22.8 Å². The second-order valence-corrected chi connectivity index (χ2v) is 5.74. The number of fused-ring (bicyclic) bond motifs is 1. The molecule has 92 valence electrons. The molecule has 0 aromatic carbocycles. The molecule has 0 saturated carbocycles. The van der Waals surface area contributed by atoms with Gasteiger partial charge in [-0.25, -0.2) is 9.97 Å². The van der Waals surface area contributed by atoms with E-state index in [-0.39, 0.29) is 17.7 Å². The first kappa shape index (κ1) is 12.9. The largest absolute Gasteiger partial charge is 0.344 e. The zero-order valence-electron chi connectivity index (χ0n) is 9.71. The molecule has 2 heterocycles. The number of carbonyl (C=O) groups excluding carboxylic acids is 1. The highest BCUT2D eigenvalue weighted by atomic mass is 32.2. The van der Waals surface area contributed by atoms with Gasteiger partial charge in [-0.2, -0.15) is 0 Å². The molecule has 0 aliphatic rings. The van der Waals surface area contributed by atoms with Gasteiger partial charge in [-0.3, -0.25) is 4.79 Å². The number of amides is 1. The lowest BCUT2D eigenvalue weighted by molar-refractivity contribution is -0.120. The molecule has 0 saturated heterocycles. The van der Waals surface area contributed by atoms with E-state index in [9.17, 15) is 4.79 Å². The van der Waals surface area contributed by atoms with Crippen molar-refractivity contribution in [3.8, 4) is 12.3 Å². The molecule has 0 aliphatic heterocycles. The third kappa shape index (κ3) is 2.81. The Kier molecular flexibility index (Phi) is 4.18. The molecular formula is C12H11N3OS2. The van der Waals surface area contributed by atoms with Gasteiger partial charge in [-0.1, -0.05) is 17.7 Å². The number of nitrogens with zero attached hydrogens (tertiary/aromatic N) is 2. The van der Waals surface area contributed by atoms with Gasteiger partial charge in [0, 0.05) is 0 Å². The lowest BCUT2D eigenvalue weighted by atomic mass is 10.4. The van der Waals surface area contributed by atoms with Crippen molar-refractivity contribution in [2.75, 3.05) is 6.54 Å². The molecular weight excluding hydrogens is 266 g/mol. The first-order chi connectivity index (χ1) is 8.72. The van der Waals surface area contributed by atoms with Crippen molar-refractivity contribution < 1.29 is 4.79 Å². The van der Waals surface area contributed by atoms with Crippen molar-refractivity contribution in [2.45, 2.75) is 17.2 Å². The predicted octanol–water partition coefficient (Wildman–Crippen LogP) is 1.92. The Morgan fingerprint density at radius 2 is 2.50 bits per heavy atom. The van der Waals surface area contributed by atoms with E-state index in [0.717, 1.165) is 15.2 Å². The fourth-order valence-corrected chi connectivity index (χ4v) is 3.21. The molecule has 2 rings (SSSR count). The van der Waals surface area contributed by atoms with Gasteiger partial charge in [0.25, 0.3) is 0 Å². The van der Waals surface area contributed by atoms with Crippen LogP contribution >= 0.6 is 23.1 Å². The van der Waals surface area contributed by atoms with Crippen LogP contribution in [-0.2, 0) is 4.79 Å². The molecule has 18 heavy (non-hydrogen) atoms. The van der Waals surface area contributed by atoms with Gasteiger partial charge < -0.3 is 5.32 Å². The summed E-state index contributed by atoms with van der Waals surface area (Å²) < 4.78 is 1.01. The van der Waals surface area contributed by atoms with Crippen molar-refractivity contribution in [3.63, 3.8) is 0 Å². The van der Waals surface area contributed by atoms with Crippen LogP contribution in [0, 0.1) is 12.3 Å². The van der Waals surface area contributed by atoms with Gasteiger partial charge in [-0.05, 0) is 18.4 Å². The van der Waals surface area contributed by atoms with Gasteiger partial charge in [0.15, 0.2) is 0 Å². The maximum absolute atomic E-state index is 11.7. The standard InChI is InChI=1S/C12H11N3OS2/c1-3-5-13-11(16)8(2)18-12-10-9(4-6-17-10)14-7-15-12/h1,4,6-8H,5H2,2H3,(H,13,16). The molecule has 0 fully saturated rings. The zero-order chi connectivity index (χ0) is 13.0. The molecule has 0 spiro atoms. The first-order valence-corrected chi connectivity index (χ1v) is 7.04. The van der Waals surface area contributed by atoms with E-state index in [4.69, 9.17) is 6.42 Å². The summed E-state index contributed by atoms with van der Waals surface area (Å²) in [6, 6.07) is 1.94. The number of terminal acetylenes is 1. The van der Waals surface area contributed by atoms with E-state index in [0.29, 0.717) is 0 Å². The second kappa shape index (κ2) is 5.85. The lowest BCUT2D eigenvalue weighted by Gasteiger charge is -2.09. The number of rotatable bonds is 4. The van der Waals surface area contributed by atoms with Crippen molar-refractivity contribution in [2.24, 2.45) is 0 Å². The highest BCUT2D eigenvalue weighted by Crippen LogP contribution is 2.31.